The summed E-state index contributed by atoms with van der Waals surface area (Å²) >= 11 is 0. The van der Waals surface area contributed by atoms with E-state index in [1.165, 1.54) is 6.33 Å². The molecule has 2 N–H and O–H groups in total. The standard InChI is InChI=1S/C7H7N5/c8-6-1-11-12(4-6)7-2-9-5-10-3-7/h1-5H,8H2. The molecule has 0 fully saturated rings. The van der Waals surface area contributed by atoms with Gasteiger partial charge in [-0.3, -0.25) is 0 Å². The first-order valence-corrected chi connectivity index (χ1v) is 3.42. The second-order valence-corrected chi connectivity index (χ2v) is 2.31. The van der Waals surface area contributed by atoms with Gasteiger partial charge in [-0.2, -0.15) is 5.10 Å². The minimum absolute atomic E-state index is 0.624. The average molecular weight is 161 g/mol. The van der Waals surface area contributed by atoms with Gasteiger partial charge < -0.3 is 5.73 Å². The fraction of sp³-hybridized carbons (Fsp3) is 0. The Morgan fingerprint density at radius 3 is 2.50 bits per heavy atom. The van der Waals surface area contributed by atoms with Gasteiger partial charge in [0.15, 0.2) is 0 Å². The Labute approximate surface area is 68.9 Å². The molecule has 12 heavy (non-hydrogen) atoms. The van der Waals surface area contributed by atoms with Gasteiger partial charge in [0.05, 0.1) is 30.5 Å². The zero-order chi connectivity index (χ0) is 8.39. The van der Waals surface area contributed by atoms with Crippen LogP contribution in [-0.2, 0) is 0 Å². The molecule has 0 atom stereocenters. The summed E-state index contributed by atoms with van der Waals surface area (Å²) in [6.45, 7) is 0. The highest BCUT2D eigenvalue weighted by molar-refractivity contribution is 5.35. The predicted molar refractivity (Wildman–Crippen MR) is 43.6 cm³/mol. The molecule has 0 aliphatic heterocycles. The summed E-state index contributed by atoms with van der Waals surface area (Å²) < 4.78 is 1.62. The van der Waals surface area contributed by atoms with Crippen LogP contribution in [0.25, 0.3) is 5.69 Å². The summed E-state index contributed by atoms with van der Waals surface area (Å²) in [5.41, 5.74) is 6.92. The van der Waals surface area contributed by atoms with Crippen LogP contribution >= 0.6 is 0 Å². The normalized spacial score (nSPS) is 10.0. The van der Waals surface area contributed by atoms with E-state index in [0.717, 1.165) is 5.69 Å². The van der Waals surface area contributed by atoms with E-state index < -0.39 is 0 Å². The molecule has 0 unspecified atom stereocenters. The third kappa shape index (κ3) is 1.12. The van der Waals surface area contributed by atoms with E-state index in [9.17, 15) is 0 Å². The maximum atomic E-state index is 5.49. The maximum absolute atomic E-state index is 5.49. The van der Waals surface area contributed by atoms with Crippen LogP contribution in [0.4, 0.5) is 5.69 Å². The lowest BCUT2D eigenvalue weighted by molar-refractivity contribution is 0.864. The average Bonchev–Trinajstić information content (AvgIpc) is 2.54. The number of nitrogen functional groups attached to an aromatic ring is 1. The van der Waals surface area contributed by atoms with Crippen LogP contribution in [0.1, 0.15) is 0 Å². The smallest absolute Gasteiger partial charge is 0.115 e. The highest BCUT2D eigenvalue weighted by Gasteiger charge is 1.96. The third-order valence-corrected chi connectivity index (χ3v) is 1.41. The number of hydrogen-bond donors (Lipinski definition) is 1. The van der Waals surface area contributed by atoms with Crippen molar-refractivity contribution in [2.45, 2.75) is 0 Å². The van der Waals surface area contributed by atoms with Gasteiger partial charge in [-0.05, 0) is 0 Å². The van der Waals surface area contributed by atoms with Crippen LogP contribution in [0, 0.1) is 0 Å². The number of rotatable bonds is 1. The monoisotopic (exact) mass is 161 g/mol. The van der Waals surface area contributed by atoms with Gasteiger partial charge in [-0.1, -0.05) is 0 Å². The minimum atomic E-state index is 0.624. The van der Waals surface area contributed by atoms with Crippen molar-refractivity contribution >= 4 is 5.69 Å². The van der Waals surface area contributed by atoms with Crippen molar-refractivity contribution in [3.8, 4) is 5.69 Å². The van der Waals surface area contributed by atoms with Crippen molar-refractivity contribution in [1.29, 1.82) is 0 Å². The Balaban J connectivity index is 2.45. The molecular formula is C7H7N5. The van der Waals surface area contributed by atoms with Gasteiger partial charge in [0.1, 0.15) is 12.0 Å². The molecule has 60 valence electrons. The van der Waals surface area contributed by atoms with E-state index in [0.29, 0.717) is 5.69 Å². The fourth-order valence-electron chi connectivity index (χ4n) is 0.887. The van der Waals surface area contributed by atoms with Crippen molar-refractivity contribution in [3.63, 3.8) is 0 Å². The SMILES string of the molecule is Nc1cnn(-c2cncnc2)c1. The van der Waals surface area contributed by atoms with Crippen LogP contribution in [0.3, 0.4) is 0 Å². The number of anilines is 1. The minimum Gasteiger partial charge on any atom is -0.396 e. The number of nitrogens with two attached hydrogens (primary N) is 1. The van der Waals surface area contributed by atoms with E-state index in [4.69, 9.17) is 5.73 Å². The third-order valence-electron chi connectivity index (χ3n) is 1.41. The number of nitrogens with zero attached hydrogens (tertiary/aromatic N) is 4. The Kier molecular flexibility index (Phi) is 1.48. The second-order valence-electron chi connectivity index (χ2n) is 2.31. The van der Waals surface area contributed by atoms with E-state index in [1.807, 2.05) is 0 Å². The van der Waals surface area contributed by atoms with Crippen LogP contribution < -0.4 is 5.73 Å². The molecule has 2 aromatic heterocycles. The molecule has 0 aliphatic carbocycles. The summed E-state index contributed by atoms with van der Waals surface area (Å²) in [6.07, 6.45) is 8.08. The van der Waals surface area contributed by atoms with Gasteiger partial charge in [0.2, 0.25) is 0 Å². The summed E-state index contributed by atoms with van der Waals surface area (Å²) in [7, 11) is 0. The largest absolute Gasteiger partial charge is 0.396 e. The number of aromatic nitrogens is 4. The van der Waals surface area contributed by atoms with Gasteiger partial charge in [-0.25, -0.2) is 14.6 Å². The van der Waals surface area contributed by atoms with Crippen LogP contribution in [-0.4, -0.2) is 19.7 Å². The van der Waals surface area contributed by atoms with Crippen molar-refractivity contribution in [2.24, 2.45) is 0 Å². The van der Waals surface area contributed by atoms with Crippen molar-refractivity contribution in [2.75, 3.05) is 5.73 Å². The quantitative estimate of drug-likeness (QED) is 0.650. The lowest BCUT2D eigenvalue weighted by Gasteiger charge is -1.96. The topological polar surface area (TPSA) is 69.6 Å². The molecule has 0 radical (unpaired) electrons. The lowest BCUT2D eigenvalue weighted by atomic mass is 10.5. The van der Waals surface area contributed by atoms with Crippen LogP contribution in [0.2, 0.25) is 0 Å². The lowest BCUT2D eigenvalue weighted by Crippen LogP contribution is -1.95. The molecule has 0 bridgehead atoms. The van der Waals surface area contributed by atoms with E-state index >= 15 is 0 Å². The molecule has 2 aromatic rings. The van der Waals surface area contributed by atoms with Crippen molar-refractivity contribution in [3.05, 3.63) is 31.1 Å². The molecule has 0 aliphatic rings. The molecule has 0 saturated heterocycles. The summed E-state index contributed by atoms with van der Waals surface area (Å²) in [6, 6.07) is 0. The molecule has 5 nitrogen and oxygen atoms in total. The van der Waals surface area contributed by atoms with Gasteiger partial charge in [0.25, 0.3) is 0 Å². The van der Waals surface area contributed by atoms with Gasteiger partial charge >= 0.3 is 0 Å². The second kappa shape index (κ2) is 2.61. The first-order chi connectivity index (χ1) is 5.86. The fourth-order valence-corrected chi connectivity index (χ4v) is 0.887. The Hall–Kier alpha value is -1.91. The Morgan fingerprint density at radius 2 is 1.92 bits per heavy atom. The number of hydrogen-bond acceptors (Lipinski definition) is 4. The van der Waals surface area contributed by atoms with E-state index in [1.54, 1.807) is 29.5 Å². The predicted octanol–water partition coefficient (Wildman–Crippen LogP) is 0.244. The first-order valence-electron chi connectivity index (χ1n) is 3.42. The first kappa shape index (κ1) is 6.78. The zero-order valence-corrected chi connectivity index (χ0v) is 6.25. The summed E-state index contributed by atoms with van der Waals surface area (Å²) in [5.74, 6) is 0. The molecule has 5 heteroatoms. The van der Waals surface area contributed by atoms with E-state index in [-0.39, 0.29) is 0 Å². The van der Waals surface area contributed by atoms with Crippen molar-refractivity contribution < 1.29 is 0 Å². The van der Waals surface area contributed by atoms with Gasteiger partial charge in [-0.15, -0.1) is 0 Å². The highest BCUT2D eigenvalue weighted by Crippen LogP contribution is 2.05. The zero-order valence-electron chi connectivity index (χ0n) is 6.25. The summed E-state index contributed by atoms with van der Waals surface area (Å²) in [4.78, 5) is 7.72. The molecule has 0 spiro atoms. The van der Waals surface area contributed by atoms with Gasteiger partial charge in [0, 0.05) is 0 Å². The maximum Gasteiger partial charge on any atom is 0.115 e. The van der Waals surface area contributed by atoms with Crippen LogP contribution in [0.5, 0.6) is 0 Å². The molecule has 2 rings (SSSR count). The Bertz CT molecular complexity index is 366. The molecule has 0 amide bonds. The molecule has 2 heterocycles. The van der Waals surface area contributed by atoms with E-state index in [2.05, 4.69) is 15.1 Å². The highest BCUT2D eigenvalue weighted by atomic mass is 15.3. The molecular weight excluding hydrogens is 154 g/mol. The van der Waals surface area contributed by atoms with Crippen LogP contribution in [0.15, 0.2) is 31.1 Å². The van der Waals surface area contributed by atoms with Crippen molar-refractivity contribution in [1.82, 2.24) is 19.7 Å². The Morgan fingerprint density at radius 1 is 1.17 bits per heavy atom. The molecule has 0 saturated carbocycles. The molecule has 0 aromatic carbocycles. The summed E-state index contributed by atoms with van der Waals surface area (Å²) in [5, 5.41) is 4.00.